The molecule has 21 heavy (non-hydrogen) atoms. The van der Waals surface area contributed by atoms with Crippen LogP contribution in [0.4, 0.5) is 4.39 Å². The average Bonchev–Trinajstić information content (AvgIpc) is 3.04. The summed E-state index contributed by atoms with van der Waals surface area (Å²) in [4.78, 5) is 5.64. The maximum atomic E-state index is 13.5. The number of hydrogen-bond donors (Lipinski definition) is 1. The second-order valence-electron chi connectivity index (χ2n) is 5.95. The van der Waals surface area contributed by atoms with Crippen LogP contribution in [0.1, 0.15) is 12.8 Å². The summed E-state index contributed by atoms with van der Waals surface area (Å²) in [5, 5.41) is 0. The van der Waals surface area contributed by atoms with Crippen molar-refractivity contribution in [2.24, 2.45) is 0 Å². The van der Waals surface area contributed by atoms with Crippen LogP contribution in [0.25, 0.3) is 11.0 Å². The standard InChI is InChI=1S/C15H18FN3OS/c16-10-3-4-13-14(6-10)19(15(21)17-13)8-12-7-18-5-1-2-11(18)9-20-12/h3-4,6,11-12H,1-2,5,7-9H2,(H,17,21). The van der Waals surface area contributed by atoms with Gasteiger partial charge in [-0.1, -0.05) is 0 Å². The highest BCUT2D eigenvalue weighted by molar-refractivity contribution is 7.71. The molecule has 2 unspecified atom stereocenters. The monoisotopic (exact) mass is 307 g/mol. The number of morpholine rings is 1. The molecule has 2 saturated heterocycles. The highest BCUT2D eigenvalue weighted by Crippen LogP contribution is 2.24. The van der Waals surface area contributed by atoms with Gasteiger partial charge in [-0.2, -0.15) is 0 Å². The van der Waals surface area contributed by atoms with E-state index in [1.807, 2.05) is 4.57 Å². The van der Waals surface area contributed by atoms with E-state index in [-0.39, 0.29) is 11.9 Å². The van der Waals surface area contributed by atoms with Crippen LogP contribution in [-0.4, -0.2) is 46.3 Å². The Morgan fingerprint density at radius 3 is 3.24 bits per heavy atom. The minimum Gasteiger partial charge on any atom is -0.373 e. The Kier molecular flexibility index (Phi) is 3.32. The zero-order valence-electron chi connectivity index (χ0n) is 11.7. The first-order valence-corrected chi connectivity index (χ1v) is 7.85. The second-order valence-corrected chi connectivity index (χ2v) is 6.34. The van der Waals surface area contributed by atoms with Gasteiger partial charge in [0.05, 0.1) is 30.3 Å². The van der Waals surface area contributed by atoms with Gasteiger partial charge < -0.3 is 14.3 Å². The molecular weight excluding hydrogens is 289 g/mol. The summed E-state index contributed by atoms with van der Waals surface area (Å²) in [7, 11) is 0. The van der Waals surface area contributed by atoms with Crippen molar-refractivity contribution >= 4 is 23.3 Å². The Balaban J connectivity index is 1.61. The van der Waals surface area contributed by atoms with Crippen molar-refractivity contribution in [2.75, 3.05) is 19.7 Å². The summed E-state index contributed by atoms with van der Waals surface area (Å²) in [6, 6.07) is 5.30. The number of H-pyrrole nitrogens is 1. The van der Waals surface area contributed by atoms with Crippen molar-refractivity contribution in [3.05, 3.63) is 28.8 Å². The van der Waals surface area contributed by atoms with Gasteiger partial charge in [0.2, 0.25) is 0 Å². The molecule has 2 atom stereocenters. The topological polar surface area (TPSA) is 33.2 Å². The zero-order valence-corrected chi connectivity index (χ0v) is 12.5. The predicted molar refractivity (Wildman–Crippen MR) is 81.4 cm³/mol. The number of hydrogen-bond acceptors (Lipinski definition) is 3. The lowest BCUT2D eigenvalue weighted by Gasteiger charge is -2.35. The molecule has 0 saturated carbocycles. The Morgan fingerprint density at radius 2 is 2.33 bits per heavy atom. The van der Waals surface area contributed by atoms with Crippen molar-refractivity contribution in [3.63, 3.8) is 0 Å². The van der Waals surface area contributed by atoms with E-state index in [1.165, 1.54) is 31.5 Å². The maximum Gasteiger partial charge on any atom is 0.178 e. The zero-order chi connectivity index (χ0) is 14.4. The molecule has 2 aromatic rings. The summed E-state index contributed by atoms with van der Waals surface area (Å²) in [6.45, 7) is 3.58. The van der Waals surface area contributed by atoms with E-state index >= 15 is 0 Å². The van der Waals surface area contributed by atoms with Crippen LogP contribution in [0.5, 0.6) is 0 Å². The van der Waals surface area contributed by atoms with Crippen LogP contribution in [0.15, 0.2) is 18.2 Å². The van der Waals surface area contributed by atoms with Gasteiger partial charge >= 0.3 is 0 Å². The first kappa shape index (κ1) is 13.4. The molecule has 2 aliphatic heterocycles. The summed E-state index contributed by atoms with van der Waals surface area (Å²) in [6.07, 6.45) is 2.62. The Hall–Kier alpha value is -1.24. The molecule has 0 bridgehead atoms. The molecule has 0 amide bonds. The molecule has 1 aromatic carbocycles. The Bertz CT molecular complexity index is 725. The van der Waals surface area contributed by atoms with Gasteiger partial charge in [-0.15, -0.1) is 0 Å². The number of ether oxygens (including phenoxy) is 1. The third kappa shape index (κ3) is 2.41. The number of nitrogens with zero attached hydrogens (tertiary/aromatic N) is 2. The summed E-state index contributed by atoms with van der Waals surface area (Å²) >= 11 is 5.37. The predicted octanol–water partition coefficient (Wildman–Crippen LogP) is 2.70. The molecule has 2 aliphatic rings. The van der Waals surface area contributed by atoms with E-state index in [0.717, 1.165) is 24.2 Å². The van der Waals surface area contributed by atoms with E-state index in [1.54, 1.807) is 6.07 Å². The van der Waals surface area contributed by atoms with Crippen LogP contribution in [0.3, 0.4) is 0 Å². The molecule has 0 spiro atoms. The van der Waals surface area contributed by atoms with Crippen molar-refractivity contribution in [3.8, 4) is 0 Å². The minimum absolute atomic E-state index is 0.119. The first-order valence-electron chi connectivity index (χ1n) is 7.44. The van der Waals surface area contributed by atoms with Crippen molar-refractivity contribution in [1.29, 1.82) is 0 Å². The van der Waals surface area contributed by atoms with Crippen LogP contribution >= 0.6 is 12.2 Å². The average molecular weight is 307 g/mol. The lowest BCUT2D eigenvalue weighted by Crippen LogP contribution is -2.47. The number of imidazole rings is 1. The van der Waals surface area contributed by atoms with E-state index in [2.05, 4.69) is 9.88 Å². The number of benzene rings is 1. The second kappa shape index (κ2) is 5.19. The SMILES string of the molecule is Fc1ccc2[nH]c(=S)n(CC3CN4CCCC4CO3)c2c1. The lowest BCUT2D eigenvalue weighted by atomic mass is 10.2. The number of halogens is 1. The fraction of sp³-hybridized carbons (Fsp3) is 0.533. The number of fused-ring (bicyclic) bond motifs is 2. The number of aromatic amines is 1. The van der Waals surface area contributed by atoms with Gasteiger partial charge in [0, 0.05) is 12.6 Å². The molecule has 1 N–H and O–H groups in total. The van der Waals surface area contributed by atoms with Gasteiger partial charge in [-0.05, 0) is 49.8 Å². The third-order valence-corrected chi connectivity index (χ3v) is 4.91. The summed E-state index contributed by atoms with van der Waals surface area (Å²) in [5.74, 6) is -0.241. The molecule has 3 heterocycles. The lowest BCUT2D eigenvalue weighted by molar-refractivity contribution is -0.0548. The van der Waals surface area contributed by atoms with E-state index in [9.17, 15) is 4.39 Å². The molecule has 4 nitrogen and oxygen atoms in total. The quantitative estimate of drug-likeness (QED) is 0.866. The third-order valence-electron chi connectivity index (χ3n) is 4.59. The molecule has 4 rings (SSSR count). The number of aromatic nitrogens is 2. The van der Waals surface area contributed by atoms with Gasteiger partial charge in [-0.3, -0.25) is 4.90 Å². The maximum absolute atomic E-state index is 13.5. The summed E-state index contributed by atoms with van der Waals surface area (Å²) < 4.78 is 22.0. The van der Waals surface area contributed by atoms with Crippen LogP contribution in [0.2, 0.25) is 0 Å². The molecular formula is C15H18FN3OS. The fourth-order valence-corrected chi connectivity index (χ4v) is 3.79. The first-order chi connectivity index (χ1) is 10.2. The van der Waals surface area contributed by atoms with Crippen molar-refractivity contribution < 1.29 is 9.13 Å². The van der Waals surface area contributed by atoms with Crippen LogP contribution in [0, 0.1) is 10.6 Å². The van der Waals surface area contributed by atoms with Crippen molar-refractivity contribution in [2.45, 2.75) is 31.5 Å². The van der Waals surface area contributed by atoms with E-state index in [0.29, 0.717) is 17.4 Å². The minimum atomic E-state index is -0.241. The Labute approximate surface area is 127 Å². The molecule has 0 aliphatic carbocycles. The van der Waals surface area contributed by atoms with Gasteiger partial charge in [0.15, 0.2) is 4.77 Å². The fourth-order valence-electron chi connectivity index (χ4n) is 3.51. The van der Waals surface area contributed by atoms with Gasteiger partial charge in [0.1, 0.15) is 5.82 Å². The number of rotatable bonds is 2. The molecule has 6 heteroatoms. The normalized spacial score (nSPS) is 26.3. The van der Waals surface area contributed by atoms with Gasteiger partial charge in [0.25, 0.3) is 0 Å². The molecule has 2 fully saturated rings. The van der Waals surface area contributed by atoms with Crippen molar-refractivity contribution in [1.82, 2.24) is 14.5 Å². The van der Waals surface area contributed by atoms with E-state index in [4.69, 9.17) is 17.0 Å². The molecule has 0 radical (unpaired) electrons. The molecule has 1 aromatic heterocycles. The number of nitrogens with one attached hydrogen (secondary N) is 1. The largest absolute Gasteiger partial charge is 0.373 e. The summed E-state index contributed by atoms with van der Waals surface area (Å²) in [5.41, 5.74) is 1.68. The Morgan fingerprint density at radius 1 is 1.43 bits per heavy atom. The highest BCUT2D eigenvalue weighted by atomic mass is 32.1. The van der Waals surface area contributed by atoms with Crippen LogP contribution in [-0.2, 0) is 11.3 Å². The molecule has 112 valence electrons. The highest BCUT2D eigenvalue weighted by Gasteiger charge is 2.32. The smallest absolute Gasteiger partial charge is 0.178 e. The van der Waals surface area contributed by atoms with E-state index < -0.39 is 0 Å². The van der Waals surface area contributed by atoms with Crippen LogP contribution < -0.4 is 0 Å². The van der Waals surface area contributed by atoms with Gasteiger partial charge in [-0.25, -0.2) is 4.39 Å².